The number of alkyl halides is 3. The lowest BCUT2D eigenvalue weighted by Gasteiger charge is -2.21. The lowest BCUT2D eigenvalue weighted by molar-refractivity contribution is -0.138. The van der Waals surface area contributed by atoms with Crippen molar-refractivity contribution in [3.63, 3.8) is 0 Å². The van der Waals surface area contributed by atoms with Crippen molar-refractivity contribution in [2.45, 2.75) is 12.3 Å². The standard InChI is InChI=1S/C22H19F4N3O4S/c1-29(10-15(32)11-30)21(28)34-16(12-31)6-13-2-5-20(18(23)8-13)33-19-4-3-14(9-27)7-17(19)22(24,25)26/h2-8,12,15,28,30,32H,10-11H2,1H3/b16-6-,28-21?. The van der Waals surface area contributed by atoms with E-state index in [9.17, 15) is 27.5 Å². The van der Waals surface area contributed by atoms with E-state index in [1.54, 1.807) is 6.07 Å². The van der Waals surface area contributed by atoms with Crippen LogP contribution in [0, 0.1) is 22.6 Å². The Morgan fingerprint density at radius 3 is 2.53 bits per heavy atom. The molecule has 0 aliphatic heterocycles. The summed E-state index contributed by atoms with van der Waals surface area (Å²) in [5, 5.41) is 35.0. The van der Waals surface area contributed by atoms with Gasteiger partial charge in [0.15, 0.2) is 23.0 Å². The van der Waals surface area contributed by atoms with Gasteiger partial charge < -0.3 is 19.8 Å². The first-order valence-electron chi connectivity index (χ1n) is 9.50. The maximum absolute atomic E-state index is 14.6. The number of benzene rings is 2. The van der Waals surface area contributed by atoms with Crippen LogP contribution in [0.15, 0.2) is 41.3 Å². The van der Waals surface area contributed by atoms with Crippen LogP contribution in [0.5, 0.6) is 11.5 Å². The topological polar surface area (TPSA) is 118 Å². The number of nitrogens with zero attached hydrogens (tertiary/aromatic N) is 2. The van der Waals surface area contributed by atoms with Crippen LogP contribution < -0.4 is 4.74 Å². The molecule has 0 aliphatic rings. The van der Waals surface area contributed by atoms with Gasteiger partial charge in [-0.05, 0) is 53.7 Å². The highest BCUT2D eigenvalue weighted by Gasteiger charge is 2.35. The van der Waals surface area contributed by atoms with E-state index < -0.39 is 41.8 Å². The number of rotatable bonds is 8. The zero-order valence-electron chi connectivity index (χ0n) is 17.6. The number of nitriles is 1. The molecule has 1 unspecified atom stereocenters. The van der Waals surface area contributed by atoms with E-state index >= 15 is 0 Å². The van der Waals surface area contributed by atoms with Gasteiger partial charge in [-0.15, -0.1) is 0 Å². The molecular weight excluding hydrogens is 478 g/mol. The van der Waals surface area contributed by atoms with E-state index in [1.165, 1.54) is 24.1 Å². The number of aliphatic hydroxyl groups is 2. The fourth-order valence-electron chi connectivity index (χ4n) is 2.62. The fraction of sp³-hybridized carbons (Fsp3) is 0.227. The van der Waals surface area contributed by atoms with E-state index in [1.807, 2.05) is 0 Å². The highest BCUT2D eigenvalue weighted by Crippen LogP contribution is 2.39. The second kappa shape index (κ2) is 11.6. The number of hydrogen-bond acceptors (Lipinski definition) is 7. The van der Waals surface area contributed by atoms with Crippen LogP contribution in [-0.2, 0) is 11.0 Å². The zero-order valence-corrected chi connectivity index (χ0v) is 18.5. The molecule has 0 bridgehead atoms. The second-order valence-corrected chi connectivity index (χ2v) is 7.96. The Bertz CT molecular complexity index is 1130. The Hall–Kier alpha value is -3.40. The first kappa shape index (κ1) is 26.8. The first-order valence-corrected chi connectivity index (χ1v) is 10.3. The predicted octanol–water partition coefficient (Wildman–Crippen LogP) is 4.00. The molecule has 0 heterocycles. The number of nitrogens with one attached hydrogen (secondary N) is 1. The molecule has 0 amide bonds. The molecule has 34 heavy (non-hydrogen) atoms. The summed E-state index contributed by atoms with van der Waals surface area (Å²) in [6.45, 7) is -0.552. The highest BCUT2D eigenvalue weighted by atomic mass is 32.2. The molecule has 0 radical (unpaired) electrons. The van der Waals surface area contributed by atoms with Crippen molar-refractivity contribution in [2.24, 2.45) is 0 Å². The van der Waals surface area contributed by atoms with Gasteiger partial charge in [-0.2, -0.15) is 18.4 Å². The average molecular weight is 497 g/mol. The summed E-state index contributed by atoms with van der Waals surface area (Å²) in [6, 6.07) is 7.57. The molecule has 0 spiro atoms. The van der Waals surface area contributed by atoms with Crippen molar-refractivity contribution in [3.05, 3.63) is 63.8 Å². The summed E-state index contributed by atoms with van der Waals surface area (Å²) in [4.78, 5) is 12.7. The van der Waals surface area contributed by atoms with Crippen LogP contribution in [0.4, 0.5) is 17.6 Å². The second-order valence-electron chi connectivity index (χ2n) is 6.90. The average Bonchev–Trinajstić information content (AvgIpc) is 2.79. The number of allylic oxidation sites excluding steroid dienone is 1. The lowest BCUT2D eigenvalue weighted by atomic mass is 10.1. The van der Waals surface area contributed by atoms with E-state index in [2.05, 4.69) is 0 Å². The van der Waals surface area contributed by atoms with E-state index in [-0.39, 0.29) is 27.7 Å². The molecule has 0 saturated heterocycles. The predicted molar refractivity (Wildman–Crippen MR) is 118 cm³/mol. The normalized spacial score (nSPS) is 12.6. The quantitative estimate of drug-likeness (QED) is 0.166. The van der Waals surface area contributed by atoms with Gasteiger partial charge in [0.05, 0.1) is 34.8 Å². The monoisotopic (exact) mass is 497 g/mol. The molecule has 0 saturated carbocycles. The minimum Gasteiger partial charge on any atom is -0.454 e. The molecule has 3 N–H and O–H groups in total. The molecule has 0 fully saturated rings. The molecule has 7 nitrogen and oxygen atoms in total. The van der Waals surface area contributed by atoms with Gasteiger partial charge in [-0.1, -0.05) is 6.07 Å². The van der Waals surface area contributed by atoms with Crippen LogP contribution >= 0.6 is 11.8 Å². The summed E-state index contributed by atoms with van der Waals surface area (Å²) < 4.78 is 59.5. The van der Waals surface area contributed by atoms with Gasteiger partial charge in [0, 0.05) is 13.6 Å². The van der Waals surface area contributed by atoms with Crippen molar-refractivity contribution >= 4 is 29.3 Å². The van der Waals surface area contributed by atoms with Gasteiger partial charge >= 0.3 is 6.18 Å². The molecule has 2 aromatic rings. The number of halogens is 4. The summed E-state index contributed by atoms with van der Waals surface area (Å²) in [6.07, 6.45) is -4.21. The van der Waals surface area contributed by atoms with Crippen LogP contribution in [-0.4, -0.2) is 52.9 Å². The van der Waals surface area contributed by atoms with Gasteiger partial charge in [-0.25, -0.2) is 4.39 Å². The molecule has 0 aliphatic carbocycles. The zero-order chi connectivity index (χ0) is 25.5. The van der Waals surface area contributed by atoms with Crippen molar-refractivity contribution in [1.82, 2.24) is 4.90 Å². The third kappa shape index (κ3) is 7.31. The maximum Gasteiger partial charge on any atom is 0.420 e. The number of carbonyl (C=O) groups excluding carboxylic acids is 1. The van der Waals surface area contributed by atoms with E-state index in [0.29, 0.717) is 12.4 Å². The summed E-state index contributed by atoms with van der Waals surface area (Å²) >= 11 is 0.725. The largest absolute Gasteiger partial charge is 0.454 e. The number of amidine groups is 1. The molecule has 1 atom stereocenters. The number of aliphatic hydroxyl groups excluding tert-OH is 2. The molecule has 12 heteroatoms. The highest BCUT2D eigenvalue weighted by molar-refractivity contribution is 8.17. The van der Waals surface area contributed by atoms with Gasteiger partial charge in [0.25, 0.3) is 0 Å². The molecule has 2 rings (SSSR count). The van der Waals surface area contributed by atoms with E-state index in [0.717, 1.165) is 36.0 Å². The molecule has 2 aromatic carbocycles. The summed E-state index contributed by atoms with van der Waals surface area (Å²) in [5.74, 6) is -2.18. The fourth-order valence-corrected chi connectivity index (χ4v) is 3.31. The number of thioether (sulfide) groups is 1. The van der Waals surface area contributed by atoms with Gasteiger partial charge in [-0.3, -0.25) is 10.2 Å². The Morgan fingerprint density at radius 2 is 1.97 bits per heavy atom. The van der Waals surface area contributed by atoms with Gasteiger partial charge in [0.1, 0.15) is 5.75 Å². The molecule has 0 aromatic heterocycles. The third-order valence-electron chi connectivity index (χ3n) is 4.27. The SMILES string of the molecule is CN(CC(O)CO)C(=N)S/C(C=O)=C\c1ccc(Oc2ccc(C#N)cc2C(F)(F)F)c(F)c1. The summed E-state index contributed by atoms with van der Waals surface area (Å²) in [5.41, 5.74) is -1.29. The lowest BCUT2D eigenvalue weighted by Crippen LogP contribution is -2.34. The van der Waals surface area contributed by atoms with E-state index in [4.69, 9.17) is 20.5 Å². The van der Waals surface area contributed by atoms with Crippen LogP contribution in [0.2, 0.25) is 0 Å². The Labute approximate surface area is 196 Å². The smallest absolute Gasteiger partial charge is 0.420 e. The molecule has 180 valence electrons. The first-order chi connectivity index (χ1) is 16.0. The Kier molecular flexibility index (Phi) is 9.19. The minimum absolute atomic E-state index is 0.0230. The van der Waals surface area contributed by atoms with Crippen molar-refractivity contribution < 1.29 is 37.3 Å². The number of hydrogen-bond donors (Lipinski definition) is 3. The number of carbonyl (C=O) groups is 1. The number of ether oxygens (including phenoxy) is 1. The van der Waals surface area contributed by atoms with Crippen LogP contribution in [0.3, 0.4) is 0 Å². The Morgan fingerprint density at radius 1 is 1.29 bits per heavy atom. The van der Waals surface area contributed by atoms with Crippen LogP contribution in [0.1, 0.15) is 16.7 Å². The molecular formula is C22H19F4N3O4S. The maximum atomic E-state index is 14.6. The number of aldehydes is 1. The third-order valence-corrected chi connectivity index (χ3v) is 5.23. The minimum atomic E-state index is -4.83. The Balaban J connectivity index is 2.23. The van der Waals surface area contributed by atoms with Crippen molar-refractivity contribution in [1.29, 1.82) is 10.7 Å². The number of likely N-dealkylation sites (N-methyl/N-ethyl adjacent to an activating group) is 1. The van der Waals surface area contributed by atoms with Crippen molar-refractivity contribution in [2.75, 3.05) is 20.2 Å². The van der Waals surface area contributed by atoms with Gasteiger partial charge in [0.2, 0.25) is 0 Å². The van der Waals surface area contributed by atoms with Crippen molar-refractivity contribution in [3.8, 4) is 17.6 Å². The summed E-state index contributed by atoms with van der Waals surface area (Å²) in [7, 11) is 1.47. The van der Waals surface area contributed by atoms with Crippen LogP contribution in [0.25, 0.3) is 6.08 Å².